The Morgan fingerprint density at radius 3 is 2.64 bits per heavy atom. The van der Waals surface area contributed by atoms with E-state index in [9.17, 15) is 14.5 Å². The van der Waals surface area contributed by atoms with Gasteiger partial charge in [0.2, 0.25) is 5.95 Å². The van der Waals surface area contributed by atoms with E-state index in [-0.39, 0.29) is 29.4 Å². The fourth-order valence-corrected chi connectivity index (χ4v) is 6.64. The standard InChI is InChI=1S/C31H41FN7O7P/c1-18(27(41)43-16-30(2,3)4)37-47(42,46-21-14-10-12-19-11-8-9-13-20(19)21)44-15-22-24(40)31(5,32)28(45-22)39-17-34-23-25(38(6)7)35-29(33)36-26(23)39/h8-14,17-18,22,24,28,40H,15-16H2,1-7H3,(H,37,42)(H2,33,35,36)/t18-,22?,24-,28-,31-,47?/m1/s1. The number of anilines is 2. The third-order valence-electron chi connectivity index (χ3n) is 7.54. The molecule has 4 aromatic rings. The van der Waals surface area contributed by atoms with Crippen molar-refractivity contribution in [3.63, 3.8) is 0 Å². The summed E-state index contributed by atoms with van der Waals surface area (Å²) in [6.07, 6.45) is -3.16. The van der Waals surface area contributed by atoms with Crippen molar-refractivity contribution in [1.82, 2.24) is 24.6 Å². The van der Waals surface area contributed by atoms with Gasteiger partial charge in [0.15, 0.2) is 28.9 Å². The lowest BCUT2D eigenvalue weighted by Crippen LogP contribution is -2.41. The van der Waals surface area contributed by atoms with Gasteiger partial charge in [-0.1, -0.05) is 57.2 Å². The SMILES string of the molecule is C[C@@H](NP(=O)(OCC1O[C@@H](n2cnc3c(N(C)C)nc(N)nc32)[C@](C)(F)[C@@H]1O)Oc1cccc2ccccc12)C(=O)OCC(C)(C)C. The van der Waals surface area contributed by atoms with Crippen molar-refractivity contribution in [2.24, 2.45) is 5.41 Å². The van der Waals surface area contributed by atoms with Crippen molar-refractivity contribution in [3.8, 4) is 5.75 Å². The molecule has 1 aliphatic rings. The predicted molar refractivity (Wildman–Crippen MR) is 175 cm³/mol. The third-order valence-corrected chi connectivity index (χ3v) is 9.17. The lowest BCUT2D eigenvalue weighted by molar-refractivity contribution is -0.148. The number of nitrogens with two attached hydrogens (primary N) is 1. The molecule has 1 aliphatic heterocycles. The number of alkyl halides is 1. The molecule has 2 aromatic carbocycles. The smallest absolute Gasteiger partial charge is 0.459 e. The van der Waals surface area contributed by atoms with Crippen LogP contribution in [0.2, 0.25) is 0 Å². The molecule has 1 fully saturated rings. The van der Waals surface area contributed by atoms with Crippen LogP contribution in [-0.4, -0.2) is 81.8 Å². The minimum Gasteiger partial charge on any atom is -0.464 e. The van der Waals surface area contributed by atoms with Crippen LogP contribution in [0.15, 0.2) is 48.8 Å². The molecule has 16 heteroatoms. The minimum absolute atomic E-state index is 0.0605. The lowest BCUT2D eigenvalue weighted by Gasteiger charge is -2.26. The maximum Gasteiger partial charge on any atom is 0.459 e. The molecule has 0 aliphatic carbocycles. The van der Waals surface area contributed by atoms with Crippen molar-refractivity contribution < 1.29 is 37.4 Å². The Morgan fingerprint density at radius 1 is 1.23 bits per heavy atom. The van der Waals surface area contributed by atoms with Gasteiger partial charge in [0.25, 0.3) is 0 Å². The fourth-order valence-electron chi connectivity index (χ4n) is 5.12. The highest BCUT2D eigenvalue weighted by atomic mass is 31.2. The van der Waals surface area contributed by atoms with Crippen molar-refractivity contribution in [3.05, 3.63) is 48.8 Å². The van der Waals surface area contributed by atoms with Crippen molar-refractivity contribution >= 4 is 47.4 Å². The Bertz CT molecular complexity index is 1810. The van der Waals surface area contributed by atoms with Crippen LogP contribution in [0.25, 0.3) is 21.9 Å². The zero-order valence-electron chi connectivity index (χ0n) is 27.4. The molecule has 254 valence electrons. The summed E-state index contributed by atoms with van der Waals surface area (Å²) in [6, 6.07) is 11.4. The Labute approximate surface area is 272 Å². The number of hydrogen-bond acceptors (Lipinski definition) is 12. The molecule has 3 heterocycles. The number of benzene rings is 2. The number of aromatic nitrogens is 4. The fraction of sp³-hybridized carbons (Fsp3) is 0.484. The first kappa shape index (κ1) is 34.5. The molecular formula is C31H41FN7O7P. The molecule has 0 amide bonds. The maximum atomic E-state index is 16.3. The van der Waals surface area contributed by atoms with E-state index in [1.54, 1.807) is 43.3 Å². The monoisotopic (exact) mass is 673 g/mol. The van der Waals surface area contributed by atoms with E-state index >= 15 is 4.39 Å². The normalized spacial score (nSPS) is 23.5. The van der Waals surface area contributed by atoms with Crippen LogP contribution in [0.5, 0.6) is 5.75 Å². The summed E-state index contributed by atoms with van der Waals surface area (Å²) in [4.78, 5) is 27.3. The second kappa shape index (κ2) is 13.0. The van der Waals surface area contributed by atoms with Crippen LogP contribution < -0.4 is 20.2 Å². The number of rotatable bonds is 11. The van der Waals surface area contributed by atoms with Gasteiger partial charge in [-0.2, -0.15) is 15.1 Å². The van der Waals surface area contributed by atoms with Crippen LogP contribution >= 0.6 is 7.75 Å². The summed E-state index contributed by atoms with van der Waals surface area (Å²) in [5, 5.41) is 15.2. The molecule has 6 atom stereocenters. The van der Waals surface area contributed by atoms with Gasteiger partial charge in [0, 0.05) is 19.5 Å². The van der Waals surface area contributed by atoms with Crippen molar-refractivity contribution in [2.75, 3.05) is 37.9 Å². The number of nitrogens with one attached hydrogen (secondary N) is 1. The molecule has 47 heavy (non-hydrogen) atoms. The molecule has 2 unspecified atom stereocenters. The first-order valence-electron chi connectivity index (χ1n) is 15.1. The molecule has 0 saturated carbocycles. The number of carbonyl (C=O) groups excluding carboxylic acids is 1. The van der Waals surface area contributed by atoms with Crippen LogP contribution in [0, 0.1) is 5.41 Å². The topological polar surface area (TPSA) is 176 Å². The number of halogens is 1. The van der Waals surface area contributed by atoms with Crippen LogP contribution in [0.1, 0.15) is 40.8 Å². The maximum absolute atomic E-state index is 16.3. The summed E-state index contributed by atoms with van der Waals surface area (Å²) >= 11 is 0. The quantitative estimate of drug-likeness (QED) is 0.151. The minimum atomic E-state index is -4.41. The first-order chi connectivity index (χ1) is 22.0. The lowest BCUT2D eigenvalue weighted by atomic mass is 9.98. The summed E-state index contributed by atoms with van der Waals surface area (Å²) in [5.74, 6) is -0.106. The van der Waals surface area contributed by atoms with Gasteiger partial charge in [-0.3, -0.25) is 13.9 Å². The summed E-state index contributed by atoms with van der Waals surface area (Å²) in [5.41, 5.74) is 3.79. The number of hydrogen-bond donors (Lipinski definition) is 3. The van der Waals surface area contributed by atoms with Gasteiger partial charge in [-0.15, -0.1) is 0 Å². The van der Waals surface area contributed by atoms with Gasteiger partial charge >= 0.3 is 13.7 Å². The number of nitrogens with zero attached hydrogens (tertiary/aromatic N) is 5. The van der Waals surface area contributed by atoms with Crippen molar-refractivity contribution in [1.29, 1.82) is 0 Å². The summed E-state index contributed by atoms with van der Waals surface area (Å²) in [6.45, 7) is 7.90. The molecular weight excluding hydrogens is 632 g/mol. The highest BCUT2D eigenvalue weighted by molar-refractivity contribution is 7.52. The number of ether oxygens (including phenoxy) is 2. The molecule has 0 spiro atoms. The Kier molecular flexibility index (Phi) is 9.50. The number of aliphatic hydroxyl groups excluding tert-OH is 1. The van der Waals surface area contributed by atoms with E-state index in [0.29, 0.717) is 16.7 Å². The van der Waals surface area contributed by atoms with Gasteiger partial charge in [0.05, 0.1) is 19.5 Å². The number of carbonyl (C=O) groups is 1. The molecule has 4 N–H and O–H groups in total. The van der Waals surface area contributed by atoms with E-state index in [4.69, 9.17) is 24.3 Å². The van der Waals surface area contributed by atoms with E-state index in [0.717, 1.165) is 5.39 Å². The van der Waals surface area contributed by atoms with Gasteiger partial charge in [0.1, 0.15) is 24.0 Å². The third kappa shape index (κ3) is 7.34. The van der Waals surface area contributed by atoms with E-state index in [2.05, 4.69) is 20.0 Å². The molecule has 14 nitrogen and oxygen atoms in total. The average molecular weight is 674 g/mol. The Hall–Kier alpha value is -3.88. The second-order valence-electron chi connectivity index (χ2n) is 13.1. The van der Waals surface area contributed by atoms with Crippen LogP contribution in [0.3, 0.4) is 0 Å². The number of imidazole rings is 1. The van der Waals surface area contributed by atoms with E-state index < -0.39 is 50.5 Å². The predicted octanol–water partition coefficient (Wildman–Crippen LogP) is 4.39. The van der Waals surface area contributed by atoms with Crippen LogP contribution in [-0.2, 0) is 23.4 Å². The van der Waals surface area contributed by atoms with Gasteiger partial charge in [-0.25, -0.2) is 13.9 Å². The van der Waals surface area contributed by atoms with E-state index in [1.165, 1.54) is 24.7 Å². The molecule has 2 aromatic heterocycles. The highest BCUT2D eigenvalue weighted by Crippen LogP contribution is 2.49. The van der Waals surface area contributed by atoms with Gasteiger partial charge < -0.3 is 29.7 Å². The number of fused-ring (bicyclic) bond motifs is 2. The molecule has 0 radical (unpaired) electrons. The number of aliphatic hydroxyl groups is 1. The summed E-state index contributed by atoms with van der Waals surface area (Å²) < 4.78 is 55.1. The summed E-state index contributed by atoms with van der Waals surface area (Å²) in [7, 11) is -0.909. The van der Waals surface area contributed by atoms with Crippen molar-refractivity contribution in [2.45, 2.75) is 64.8 Å². The molecule has 1 saturated heterocycles. The molecule has 5 rings (SSSR count). The number of nitrogen functional groups attached to an aromatic ring is 1. The largest absolute Gasteiger partial charge is 0.464 e. The number of esters is 1. The second-order valence-corrected chi connectivity index (χ2v) is 14.8. The Morgan fingerprint density at radius 2 is 1.94 bits per heavy atom. The highest BCUT2D eigenvalue weighted by Gasteiger charge is 2.56. The average Bonchev–Trinajstić information content (AvgIpc) is 3.51. The van der Waals surface area contributed by atoms with Gasteiger partial charge in [-0.05, 0) is 30.7 Å². The first-order valence-corrected chi connectivity index (χ1v) is 16.6. The Balaban J connectivity index is 1.41. The zero-order chi connectivity index (χ0) is 34.3. The molecule has 0 bridgehead atoms. The zero-order valence-corrected chi connectivity index (χ0v) is 28.3. The van der Waals surface area contributed by atoms with Crippen LogP contribution in [0.4, 0.5) is 16.2 Å². The van der Waals surface area contributed by atoms with E-state index in [1.807, 2.05) is 39.0 Å².